The Labute approximate surface area is 155 Å². The molecule has 0 N–H and O–H groups in total. The average Bonchev–Trinajstić information content (AvgIpc) is 2.55. The fourth-order valence-electron chi connectivity index (χ4n) is 2.88. The van der Waals surface area contributed by atoms with Crippen LogP contribution in [0.15, 0.2) is 23.1 Å². The van der Waals surface area contributed by atoms with Crippen LogP contribution < -0.4 is 0 Å². The first-order valence-corrected chi connectivity index (χ1v) is 10.6. The molecule has 1 aliphatic rings. The smallest absolute Gasteiger partial charge is 0.243 e. The van der Waals surface area contributed by atoms with E-state index in [4.69, 9.17) is 23.2 Å². The molecule has 1 saturated heterocycles. The Bertz CT molecular complexity index is 659. The molecule has 7 heteroatoms. The molecule has 0 unspecified atom stereocenters. The van der Waals surface area contributed by atoms with E-state index in [0.29, 0.717) is 5.02 Å². The first-order chi connectivity index (χ1) is 11.2. The molecule has 0 bridgehead atoms. The number of piperidine rings is 1. The SMILES string of the molecule is CC1CCN(CC[C@@H](C)N(C)S(=O)(=O)c2ccc(Cl)c(Cl)c2)CC1. The Kier molecular flexibility index (Phi) is 6.97. The van der Waals surface area contributed by atoms with Gasteiger partial charge in [0.2, 0.25) is 10.0 Å². The molecule has 1 heterocycles. The van der Waals surface area contributed by atoms with E-state index in [2.05, 4.69) is 11.8 Å². The molecule has 0 radical (unpaired) electrons. The standard InChI is InChI=1S/C17H26Cl2N2O2S/c1-13-6-9-21(10-7-13)11-8-14(2)20(3)24(22,23)15-4-5-16(18)17(19)12-15/h4-5,12-14H,6-11H2,1-3H3/t14-/m1/s1. The summed E-state index contributed by atoms with van der Waals surface area (Å²) in [6, 6.07) is 4.35. The molecule has 0 saturated carbocycles. The van der Waals surface area contributed by atoms with E-state index in [0.717, 1.165) is 32.0 Å². The van der Waals surface area contributed by atoms with Crippen LogP contribution in [0.2, 0.25) is 10.0 Å². The molecular formula is C17H26Cl2N2O2S. The molecule has 1 aliphatic heterocycles. The van der Waals surface area contributed by atoms with Crippen molar-refractivity contribution in [3.8, 4) is 0 Å². The monoisotopic (exact) mass is 392 g/mol. The van der Waals surface area contributed by atoms with Crippen LogP contribution in [0.4, 0.5) is 0 Å². The Balaban J connectivity index is 1.98. The molecule has 1 aromatic carbocycles. The van der Waals surface area contributed by atoms with Crippen molar-refractivity contribution in [3.63, 3.8) is 0 Å². The maximum absolute atomic E-state index is 12.7. The first-order valence-electron chi connectivity index (χ1n) is 8.37. The molecule has 1 fully saturated rings. The van der Waals surface area contributed by atoms with Gasteiger partial charge in [0.15, 0.2) is 0 Å². The van der Waals surface area contributed by atoms with Crippen molar-refractivity contribution in [2.75, 3.05) is 26.7 Å². The van der Waals surface area contributed by atoms with E-state index >= 15 is 0 Å². The van der Waals surface area contributed by atoms with Crippen LogP contribution >= 0.6 is 23.2 Å². The second kappa shape index (κ2) is 8.37. The zero-order valence-corrected chi connectivity index (χ0v) is 16.8. The van der Waals surface area contributed by atoms with Gasteiger partial charge in [0.05, 0.1) is 14.9 Å². The summed E-state index contributed by atoms with van der Waals surface area (Å²) in [5.74, 6) is 0.802. The summed E-state index contributed by atoms with van der Waals surface area (Å²) in [6.07, 6.45) is 3.27. The van der Waals surface area contributed by atoms with E-state index in [9.17, 15) is 8.42 Å². The number of halogens is 2. The molecule has 136 valence electrons. The number of benzene rings is 1. The number of sulfonamides is 1. The van der Waals surface area contributed by atoms with E-state index in [1.54, 1.807) is 7.05 Å². The molecule has 0 aromatic heterocycles. The Morgan fingerprint density at radius 1 is 1.25 bits per heavy atom. The second-order valence-electron chi connectivity index (χ2n) is 6.76. The van der Waals surface area contributed by atoms with Gasteiger partial charge in [0.1, 0.15) is 0 Å². The van der Waals surface area contributed by atoms with Crippen LogP contribution in [0, 0.1) is 5.92 Å². The molecule has 0 aliphatic carbocycles. The van der Waals surface area contributed by atoms with Crippen LogP contribution in [0.3, 0.4) is 0 Å². The topological polar surface area (TPSA) is 40.6 Å². The van der Waals surface area contributed by atoms with Gasteiger partial charge < -0.3 is 4.90 Å². The molecule has 1 aromatic rings. The number of likely N-dealkylation sites (tertiary alicyclic amines) is 1. The van der Waals surface area contributed by atoms with Gasteiger partial charge in [0.25, 0.3) is 0 Å². The third kappa shape index (κ3) is 4.85. The van der Waals surface area contributed by atoms with Crippen LogP contribution in [0.25, 0.3) is 0 Å². The second-order valence-corrected chi connectivity index (χ2v) is 9.57. The highest BCUT2D eigenvalue weighted by Gasteiger charge is 2.26. The summed E-state index contributed by atoms with van der Waals surface area (Å²) < 4.78 is 26.9. The van der Waals surface area contributed by atoms with E-state index in [-0.39, 0.29) is 16.0 Å². The summed E-state index contributed by atoms with van der Waals surface area (Å²) in [6.45, 7) is 7.38. The highest BCUT2D eigenvalue weighted by molar-refractivity contribution is 7.89. The molecule has 24 heavy (non-hydrogen) atoms. The van der Waals surface area contributed by atoms with Gasteiger partial charge in [-0.15, -0.1) is 0 Å². The van der Waals surface area contributed by atoms with E-state index in [1.165, 1.54) is 35.3 Å². The van der Waals surface area contributed by atoms with Gasteiger partial charge in [-0.05, 0) is 69.9 Å². The molecule has 4 nitrogen and oxygen atoms in total. The summed E-state index contributed by atoms with van der Waals surface area (Å²) >= 11 is 11.8. The molecule has 0 spiro atoms. The van der Waals surface area contributed by atoms with Crippen molar-refractivity contribution in [2.24, 2.45) is 5.92 Å². The van der Waals surface area contributed by atoms with E-state index in [1.807, 2.05) is 6.92 Å². The van der Waals surface area contributed by atoms with Crippen LogP contribution in [-0.4, -0.2) is 50.3 Å². The minimum atomic E-state index is -3.57. The van der Waals surface area contributed by atoms with Gasteiger partial charge in [-0.3, -0.25) is 0 Å². The predicted octanol–water partition coefficient (Wildman–Crippen LogP) is 4.12. The lowest BCUT2D eigenvalue weighted by Crippen LogP contribution is -2.39. The minimum absolute atomic E-state index is 0.0798. The average molecular weight is 393 g/mol. The maximum Gasteiger partial charge on any atom is 0.243 e. The summed E-state index contributed by atoms with van der Waals surface area (Å²) in [7, 11) is -1.94. The number of rotatable bonds is 6. The fraction of sp³-hybridized carbons (Fsp3) is 0.647. The van der Waals surface area contributed by atoms with Crippen LogP contribution in [0.1, 0.15) is 33.1 Å². The Hall–Kier alpha value is -0.330. The van der Waals surface area contributed by atoms with Gasteiger partial charge in [0, 0.05) is 13.1 Å². The molecule has 0 amide bonds. The molecule has 2 rings (SSSR count). The molecular weight excluding hydrogens is 367 g/mol. The predicted molar refractivity (Wildman–Crippen MR) is 100 cm³/mol. The van der Waals surface area contributed by atoms with Crippen molar-refractivity contribution < 1.29 is 8.42 Å². The van der Waals surface area contributed by atoms with Crippen molar-refractivity contribution in [1.29, 1.82) is 0 Å². The Morgan fingerprint density at radius 2 is 1.88 bits per heavy atom. The number of hydrogen-bond acceptors (Lipinski definition) is 3. The van der Waals surface area contributed by atoms with Crippen molar-refractivity contribution >= 4 is 33.2 Å². The lowest BCUT2D eigenvalue weighted by atomic mass is 9.99. The normalized spacial score (nSPS) is 18.9. The summed E-state index contributed by atoms with van der Waals surface area (Å²) in [5, 5.41) is 0.604. The third-order valence-electron chi connectivity index (χ3n) is 4.93. The number of hydrogen-bond donors (Lipinski definition) is 0. The van der Waals surface area contributed by atoms with Gasteiger partial charge in [-0.25, -0.2) is 8.42 Å². The third-order valence-corrected chi connectivity index (χ3v) is 7.63. The highest BCUT2D eigenvalue weighted by atomic mass is 35.5. The van der Waals surface area contributed by atoms with Gasteiger partial charge in [-0.1, -0.05) is 30.1 Å². The molecule has 1 atom stereocenters. The zero-order valence-electron chi connectivity index (χ0n) is 14.5. The van der Waals surface area contributed by atoms with Gasteiger partial charge in [-0.2, -0.15) is 4.31 Å². The van der Waals surface area contributed by atoms with Crippen LogP contribution in [-0.2, 0) is 10.0 Å². The Morgan fingerprint density at radius 3 is 2.46 bits per heavy atom. The fourth-order valence-corrected chi connectivity index (χ4v) is 4.66. The zero-order chi connectivity index (χ0) is 17.9. The van der Waals surface area contributed by atoms with Crippen molar-refractivity contribution in [2.45, 2.75) is 44.0 Å². The first kappa shape index (κ1) is 20.0. The summed E-state index contributed by atoms with van der Waals surface area (Å²) in [4.78, 5) is 2.61. The lowest BCUT2D eigenvalue weighted by Gasteiger charge is -2.32. The number of nitrogens with zero attached hydrogens (tertiary/aromatic N) is 2. The largest absolute Gasteiger partial charge is 0.303 e. The summed E-state index contributed by atoms with van der Waals surface area (Å²) in [5.41, 5.74) is 0. The maximum atomic E-state index is 12.7. The van der Waals surface area contributed by atoms with Crippen molar-refractivity contribution in [3.05, 3.63) is 28.2 Å². The van der Waals surface area contributed by atoms with Crippen molar-refractivity contribution in [1.82, 2.24) is 9.21 Å². The van der Waals surface area contributed by atoms with Crippen LogP contribution in [0.5, 0.6) is 0 Å². The lowest BCUT2D eigenvalue weighted by molar-refractivity contribution is 0.179. The quantitative estimate of drug-likeness (QED) is 0.730. The highest BCUT2D eigenvalue weighted by Crippen LogP contribution is 2.27. The van der Waals surface area contributed by atoms with E-state index < -0.39 is 10.0 Å². The minimum Gasteiger partial charge on any atom is -0.303 e. The van der Waals surface area contributed by atoms with Gasteiger partial charge >= 0.3 is 0 Å².